The zero-order valence-corrected chi connectivity index (χ0v) is 20.1. The minimum absolute atomic E-state index is 0.143. The largest absolute Gasteiger partial charge is 0.494 e. The summed E-state index contributed by atoms with van der Waals surface area (Å²) in [7, 11) is -2.33. The Balaban J connectivity index is 1.36. The van der Waals surface area contributed by atoms with Crippen LogP contribution in [0, 0.1) is 11.7 Å². The summed E-state index contributed by atoms with van der Waals surface area (Å²) in [6.07, 6.45) is 1.54. The predicted octanol–water partition coefficient (Wildman–Crippen LogP) is 3.27. The lowest BCUT2D eigenvalue weighted by Crippen LogP contribution is -2.43. The first-order valence-corrected chi connectivity index (χ1v) is 12.8. The number of piperidine rings is 1. The Hall–Kier alpha value is -2.85. The number of fused-ring (bicyclic) bond motifs is 1. The van der Waals surface area contributed by atoms with Crippen LogP contribution < -0.4 is 19.5 Å². The van der Waals surface area contributed by atoms with E-state index in [1.165, 1.54) is 35.7 Å². The van der Waals surface area contributed by atoms with Crippen LogP contribution in [0.4, 0.5) is 4.39 Å². The zero-order valence-electron chi connectivity index (χ0n) is 19.3. The number of ether oxygens (including phenoxy) is 3. The minimum Gasteiger partial charge on any atom is -0.494 e. The number of nitrogens with zero attached hydrogens (tertiary/aromatic N) is 1. The number of rotatable bonds is 6. The molecule has 2 aliphatic heterocycles. The van der Waals surface area contributed by atoms with Crippen LogP contribution in [0.25, 0.3) is 0 Å². The van der Waals surface area contributed by atoms with Crippen molar-refractivity contribution in [3.63, 3.8) is 0 Å². The molecule has 1 atom stereocenters. The third-order valence-electron chi connectivity index (χ3n) is 6.22. The molecule has 0 aromatic heterocycles. The Morgan fingerprint density at radius 3 is 2.50 bits per heavy atom. The zero-order chi connectivity index (χ0) is 24.3. The second-order valence-electron chi connectivity index (χ2n) is 8.46. The summed E-state index contributed by atoms with van der Waals surface area (Å²) < 4.78 is 57.9. The Morgan fingerprint density at radius 1 is 1.12 bits per heavy atom. The molecule has 0 aliphatic carbocycles. The van der Waals surface area contributed by atoms with Crippen molar-refractivity contribution in [3.05, 3.63) is 47.8 Å². The van der Waals surface area contributed by atoms with E-state index in [9.17, 15) is 17.6 Å². The fourth-order valence-corrected chi connectivity index (χ4v) is 5.66. The van der Waals surface area contributed by atoms with E-state index in [4.69, 9.17) is 14.2 Å². The number of methoxy groups -OCH3 is 1. The van der Waals surface area contributed by atoms with Crippen molar-refractivity contribution in [2.24, 2.45) is 5.92 Å². The highest BCUT2D eigenvalue weighted by molar-refractivity contribution is 7.89. The van der Waals surface area contributed by atoms with Crippen LogP contribution in [-0.2, 0) is 14.8 Å². The van der Waals surface area contributed by atoms with E-state index in [1.807, 2.05) is 0 Å². The number of hydrogen-bond donors (Lipinski definition) is 1. The van der Waals surface area contributed by atoms with E-state index in [1.54, 1.807) is 19.1 Å². The molecule has 2 aromatic carbocycles. The van der Waals surface area contributed by atoms with Crippen molar-refractivity contribution < 1.29 is 31.8 Å². The molecule has 2 heterocycles. The maximum Gasteiger partial charge on any atom is 0.243 e. The number of amides is 1. The molecule has 1 amide bonds. The molecule has 184 valence electrons. The number of benzene rings is 2. The second kappa shape index (κ2) is 10.2. The van der Waals surface area contributed by atoms with Gasteiger partial charge in [0.2, 0.25) is 15.9 Å². The summed E-state index contributed by atoms with van der Waals surface area (Å²) in [4.78, 5) is 12.9. The molecule has 0 radical (unpaired) electrons. The minimum atomic E-state index is -3.72. The highest BCUT2D eigenvalue weighted by Crippen LogP contribution is 2.34. The van der Waals surface area contributed by atoms with E-state index >= 15 is 0 Å². The van der Waals surface area contributed by atoms with Gasteiger partial charge >= 0.3 is 0 Å². The Kier molecular flexibility index (Phi) is 7.27. The van der Waals surface area contributed by atoms with Gasteiger partial charge in [-0.1, -0.05) is 6.07 Å². The fraction of sp³-hybridized carbons (Fsp3) is 0.458. The van der Waals surface area contributed by atoms with Gasteiger partial charge in [-0.3, -0.25) is 4.79 Å². The maximum absolute atomic E-state index is 14.0. The first kappa shape index (κ1) is 24.3. The van der Waals surface area contributed by atoms with Crippen LogP contribution >= 0.6 is 0 Å². The molecule has 0 saturated carbocycles. The van der Waals surface area contributed by atoms with E-state index in [0.29, 0.717) is 43.1 Å². The number of carbonyl (C=O) groups is 1. The van der Waals surface area contributed by atoms with Gasteiger partial charge in [-0.2, -0.15) is 4.31 Å². The third kappa shape index (κ3) is 5.12. The Bertz CT molecular complexity index is 1150. The van der Waals surface area contributed by atoms with Gasteiger partial charge in [-0.05, 0) is 49.6 Å². The highest BCUT2D eigenvalue weighted by Gasteiger charge is 2.33. The summed E-state index contributed by atoms with van der Waals surface area (Å²) >= 11 is 0. The quantitative estimate of drug-likeness (QED) is 0.665. The van der Waals surface area contributed by atoms with Gasteiger partial charge in [0, 0.05) is 31.5 Å². The molecule has 1 N–H and O–H groups in total. The van der Waals surface area contributed by atoms with Crippen LogP contribution in [0.15, 0.2) is 41.3 Å². The number of hydrogen-bond acceptors (Lipinski definition) is 6. The van der Waals surface area contributed by atoms with E-state index in [0.717, 1.165) is 6.42 Å². The monoisotopic (exact) mass is 492 g/mol. The number of sulfonamides is 1. The normalized spacial score (nSPS) is 18.1. The van der Waals surface area contributed by atoms with Gasteiger partial charge in [0.1, 0.15) is 0 Å². The van der Waals surface area contributed by atoms with Crippen LogP contribution in [0.3, 0.4) is 0 Å². The van der Waals surface area contributed by atoms with Gasteiger partial charge in [-0.25, -0.2) is 12.8 Å². The molecule has 0 spiro atoms. The number of halogens is 1. The number of nitrogens with one attached hydrogen (secondary N) is 1. The van der Waals surface area contributed by atoms with Crippen molar-refractivity contribution in [1.82, 2.24) is 9.62 Å². The first-order valence-electron chi connectivity index (χ1n) is 11.3. The lowest BCUT2D eigenvalue weighted by atomic mass is 9.96. The molecule has 1 fully saturated rings. The predicted molar refractivity (Wildman–Crippen MR) is 123 cm³/mol. The topological polar surface area (TPSA) is 94.2 Å². The van der Waals surface area contributed by atoms with Crippen molar-refractivity contribution in [2.75, 3.05) is 33.4 Å². The molecule has 1 saturated heterocycles. The Labute approximate surface area is 199 Å². The van der Waals surface area contributed by atoms with Crippen molar-refractivity contribution >= 4 is 15.9 Å². The molecule has 10 heteroatoms. The summed E-state index contributed by atoms with van der Waals surface area (Å²) in [6, 6.07) is 8.83. The lowest BCUT2D eigenvalue weighted by molar-refractivity contribution is -0.126. The smallest absolute Gasteiger partial charge is 0.243 e. The van der Waals surface area contributed by atoms with Gasteiger partial charge < -0.3 is 19.5 Å². The molecule has 4 rings (SSSR count). The van der Waals surface area contributed by atoms with Gasteiger partial charge in [0.15, 0.2) is 23.1 Å². The van der Waals surface area contributed by atoms with Crippen molar-refractivity contribution in [3.8, 4) is 17.2 Å². The summed E-state index contributed by atoms with van der Waals surface area (Å²) in [5, 5.41) is 2.91. The maximum atomic E-state index is 14.0. The van der Waals surface area contributed by atoms with Gasteiger partial charge in [0.25, 0.3) is 0 Å². The molecule has 8 nitrogen and oxygen atoms in total. The van der Waals surface area contributed by atoms with Crippen LogP contribution in [0.2, 0.25) is 0 Å². The van der Waals surface area contributed by atoms with Crippen LogP contribution in [-0.4, -0.2) is 52.0 Å². The van der Waals surface area contributed by atoms with Crippen molar-refractivity contribution in [2.45, 2.75) is 37.1 Å². The first-order chi connectivity index (χ1) is 16.3. The standard InChI is InChI=1S/C24H29FN2O6S/c1-16(18-4-6-21(31-2)20(25)14-18)26-24(28)17-8-10-27(11-9-17)34(29,30)19-5-7-22-23(15-19)33-13-3-12-32-22/h4-7,14-17H,3,8-13H2,1-2H3,(H,26,28)/t16-/m1/s1. The van der Waals surface area contributed by atoms with Gasteiger partial charge in [0.05, 0.1) is 31.3 Å². The average molecular weight is 493 g/mol. The molecule has 0 bridgehead atoms. The van der Waals surface area contributed by atoms with Crippen LogP contribution in [0.5, 0.6) is 17.2 Å². The summed E-state index contributed by atoms with van der Waals surface area (Å²) in [6.45, 7) is 3.25. The average Bonchev–Trinajstić information content (AvgIpc) is 3.09. The van der Waals surface area contributed by atoms with Crippen LogP contribution in [0.1, 0.15) is 37.8 Å². The highest BCUT2D eigenvalue weighted by atomic mass is 32.2. The molecule has 2 aromatic rings. The molecular formula is C24H29FN2O6S. The van der Waals surface area contributed by atoms with Crippen molar-refractivity contribution in [1.29, 1.82) is 0 Å². The molecular weight excluding hydrogens is 463 g/mol. The fourth-order valence-electron chi connectivity index (χ4n) is 4.18. The summed E-state index contributed by atoms with van der Waals surface area (Å²) in [5.41, 5.74) is 0.626. The van der Waals surface area contributed by atoms with E-state index < -0.39 is 21.9 Å². The molecule has 34 heavy (non-hydrogen) atoms. The number of carbonyl (C=O) groups excluding carboxylic acids is 1. The molecule has 0 unspecified atom stereocenters. The second-order valence-corrected chi connectivity index (χ2v) is 10.4. The Morgan fingerprint density at radius 2 is 1.82 bits per heavy atom. The molecule has 2 aliphatic rings. The third-order valence-corrected chi connectivity index (χ3v) is 8.11. The van der Waals surface area contributed by atoms with E-state index in [-0.39, 0.29) is 35.6 Å². The van der Waals surface area contributed by atoms with Gasteiger partial charge in [-0.15, -0.1) is 0 Å². The SMILES string of the molecule is COc1ccc([C@@H](C)NC(=O)C2CCN(S(=O)(=O)c3ccc4c(c3)OCCCO4)CC2)cc1F. The lowest BCUT2D eigenvalue weighted by Gasteiger charge is -2.31. The van der Waals surface area contributed by atoms with E-state index in [2.05, 4.69) is 5.32 Å². The summed E-state index contributed by atoms with van der Waals surface area (Å²) in [5.74, 6) is 0.130.